The van der Waals surface area contributed by atoms with Crippen LogP contribution in [0.25, 0.3) is 11.2 Å². The molecule has 0 saturated heterocycles. The minimum absolute atomic E-state index is 0.0810. The number of hydrogen-bond donors (Lipinski definition) is 3. The fraction of sp³-hybridized carbons (Fsp3) is 0.100. The molecule has 0 radical (unpaired) electrons. The highest BCUT2D eigenvalue weighted by Gasteiger charge is 2.07. The van der Waals surface area contributed by atoms with Crippen LogP contribution in [0.2, 0.25) is 0 Å². The highest BCUT2D eigenvalue weighted by atomic mass is 16.5. The highest BCUT2D eigenvalue weighted by molar-refractivity contribution is 5.81. The van der Waals surface area contributed by atoms with E-state index in [2.05, 4.69) is 25.3 Å². The van der Waals surface area contributed by atoms with Crippen molar-refractivity contribution in [1.29, 1.82) is 0 Å². The van der Waals surface area contributed by atoms with Gasteiger partial charge in [-0.3, -0.25) is 0 Å². The number of hydrogen-bond acceptors (Lipinski definition) is 8. The summed E-state index contributed by atoms with van der Waals surface area (Å²) in [6.07, 6.45) is 1.64. The lowest BCUT2D eigenvalue weighted by molar-refractivity contribution is 0.306. The molecule has 2 aromatic carbocycles. The fourth-order valence-corrected chi connectivity index (χ4v) is 2.70. The summed E-state index contributed by atoms with van der Waals surface area (Å²) in [5, 5.41) is 3.31. The average molecular weight is 373 g/mol. The van der Waals surface area contributed by atoms with Crippen LogP contribution in [0.5, 0.6) is 5.75 Å². The van der Waals surface area contributed by atoms with Crippen LogP contribution in [0, 0.1) is 0 Å². The molecule has 28 heavy (non-hydrogen) atoms. The molecule has 0 unspecified atom stereocenters. The number of ether oxygens (including phenoxy) is 1. The van der Waals surface area contributed by atoms with Crippen molar-refractivity contribution in [2.24, 2.45) is 0 Å². The third-order valence-corrected chi connectivity index (χ3v) is 4.06. The topological polar surface area (TPSA) is 125 Å². The zero-order valence-corrected chi connectivity index (χ0v) is 15.0. The largest absolute Gasteiger partial charge is 0.489 e. The molecule has 2 heterocycles. The molecule has 5 N–H and O–H groups in total. The third-order valence-electron chi connectivity index (χ3n) is 4.06. The Kier molecular flexibility index (Phi) is 4.83. The van der Waals surface area contributed by atoms with Gasteiger partial charge in [0.25, 0.3) is 0 Å². The Morgan fingerprint density at radius 1 is 0.929 bits per heavy atom. The lowest BCUT2D eigenvalue weighted by Gasteiger charge is -2.10. The van der Waals surface area contributed by atoms with E-state index < -0.39 is 0 Å². The lowest BCUT2D eigenvalue weighted by Crippen LogP contribution is -2.07. The van der Waals surface area contributed by atoms with Gasteiger partial charge in [0, 0.05) is 11.8 Å². The standard InChI is InChI=1S/C20H19N7O/c21-18-17-19(27-20(22)26-18)24-11-15(25-17)10-23-14-7-4-8-16(9-14)28-12-13-5-2-1-3-6-13/h1-9,11,23H,10,12H2,(H4,21,22,24,26,27). The van der Waals surface area contributed by atoms with Crippen molar-refractivity contribution in [1.82, 2.24) is 19.9 Å². The summed E-state index contributed by atoms with van der Waals surface area (Å²) < 4.78 is 5.86. The number of nitrogens with one attached hydrogen (secondary N) is 1. The first kappa shape index (κ1) is 17.5. The molecule has 0 fully saturated rings. The number of benzene rings is 2. The normalized spacial score (nSPS) is 10.7. The van der Waals surface area contributed by atoms with Crippen LogP contribution in [0.15, 0.2) is 60.8 Å². The molecule has 140 valence electrons. The molecule has 0 spiro atoms. The van der Waals surface area contributed by atoms with Crippen molar-refractivity contribution in [3.63, 3.8) is 0 Å². The second-order valence-electron chi connectivity index (χ2n) is 6.16. The van der Waals surface area contributed by atoms with Crippen LogP contribution >= 0.6 is 0 Å². The summed E-state index contributed by atoms with van der Waals surface area (Å²) >= 11 is 0. The number of nitrogens with zero attached hydrogens (tertiary/aromatic N) is 4. The van der Waals surface area contributed by atoms with E-state index in [0.717, 1.165) is 17.0 Å². The molecular formula is C20H19N7O. The predicted molar refractivity (Wildman–Crippen MR) is 108 cm³/mol. The van der Waals surface area contributed by atoms with Crippen LogP contribution in [-0.4, -0.2) is 19.9 Å². The summed E-state index contributed by atoms with van der Waals surface area (Å²) in [4.78, 5) is 16.7. The van der Waals surface area contributed by atoms with Gasteiger partial charge in [0.15, 0.2) is 17.0 Å². The Bertz CT molecular complexity index is 1100. The minimum atomic E-state index is 0.0810. The Labute approximate surface area is 161 Å². The van der Waals surface area contributed by atoms with E-state index in [-0.39, 0.29) is 11.8 Å². The molecule has 0 aliphatic carbocycles. The molecule has 0 saturated carbocycles. The molecule has 4 rings (SSSR count). The van der Waals surface area contributed by atoms with E-state index in [1.54, 1.807) is 6.20 Å². The molecule has 2 aromatic heterocycles. The fourth-order valence-electron chi connectivity index (χ4n) is 2.70. The van der Waals surface area contributed by atoms with Crippen LogP contribution in [-0.2, 0) is 13.2 Å². The van der Waals surface area contributed by atoms with Crippen molar-refractivity contribution in [3.8, 4) is 5.75 Å². The van der Waals surface area contributed by atoms with Crippen LogP contribution in [0.4, 0.5) is 17.5 Å². The molecular weight excluding hydrogens is 354 g/mol. The van der Waals surface area contributed by atoms with Gasteiger partial charge in [0.1, 0.15) is 12.4 Å². The average Bonchev–Trinajstić information content (AvgIpc) is 2.72. The Balaban J connectivity index is 1.43. The summed E-state index contributed by atoms with van der Waals surface area (Å²) in [6, 6.07) is 17.8. The van der Waals surface area contributed by atoms with Gasteiger partial charge >= 0.3 is 0 Å². The smallest absolute Gasteiger partial charge is 0.224 e. The van der Waals surface area contributed by atoms with E-state index >= 15 is 0 Å². The first-order chi connectivity index (χ1) is 13.7. The van der Waals surface area contributed by atoms with Gasteiger partial charge < -0.3 is 21.5 Å². The maximum absolute atomic E-state index is 5.86. The van der Waals surface area contributed by atoms with Crippen LogP contribution in [0.1, 0.15) is 11.3 Å². The predicted octanol–water partition coefficient (Wildman–Crippen LogP) is 2.78. The van der Waals surface area contributed by atoms with Crippen molar-refractivity contribution >= 4 is 28.6 Å². The summed E-state index contributed by atoms with van der Waals surface area (Å²) in [5.41, 5.74) is 15.0. The molecule has 0 aliphatic heterocycles. The molecule has 0 bridgehead atoms. The number of rotatable bonds is 6. The number of nitrogen functional groups attached to an aromatic ring is 2. The summed E-state index contributed by atoms with van der Waals surface area (Å²) in [7, 11) is 0. The van der Waals surface area contributed by atoms with Gasteiger partial charge in [-0.15, -0.1) is 0 Å². The second kappa shape index (κ2) is 7.75. The van der Waals surface area contributed by atoms with Crippen molar-refractivity contribution in [2.45, 2.75) is 13.2 Å². The second-order valence-corrected chi connectivity index (χ2v) is 6.16. The maximum Gasteiger partial charge on any atom is 0.224 e. The lowest BCUT2D eigenvalue weighted by atomic mass is 10.2. The molecule has 4 aromatic rings. The van der Waals surface area contributed by atoms with E-state index in [0.29, 0.717) is 30.0 Å². The van der Waals surface area contributed by atoms with Gasteiger partial charge in [-0.25, -0.2) is 9.97 Å². The van der Waals surface area contributed by atoms with Gasteiger partial charge in [-0.05, 0) is 17.7 Å². The first-order valence-corrected chi connectivity index (χ1v) is 8.72. The number of anilines is 3. The van der Waals surface area contributed by atoms with Crippen molar-refractivity contribution < 1.29 is 4.74 Å². The number of fused-ring (bicyclic) bond motifs is 1. The molecule has 0 amide bonds. The maximum atomic E-state index is 5.86. The molecule has 8 nitrogen and oxygen atoms in total. The zero-order chi connectivity index (χ0) is 19.3. The quantitative estimate of drug-likeness (QED) is 0.471. The van der Waals surface area contributed by atoms with Gasteiger partial charge in [-0.2, -0.15) is 9.97 Å². The van der Waals surface area contributed by atoms with Gasteiger partial charge in [0.2, 0.25) is 5.95 Å². The number of nitrogens with two attached hydrogens (primary N) is 2. The van der Waals surface area contributed by atoms with E-state index in [4.69, 9.17) is 16.2 Å². The Hall–Kier alpha value is -3.94. The summed E-state index contributed by atoms with van der Waals surface area (Å²) in [6.45, 7) is 0.984. The van der Waals surface area contributed by atoms with Crippen LogP contribution < -0.4 is 21.5 Å². The highest BCUT2D eigenvalue weighted by Crippen LogP contribution is 2.20. The van der Waals surface area contributed by atoms with Gasteiger partial charge in [-0.1, -0.05) is 36.4 Å². The number of aromatic nitrogens is 4. The van der Waals surface area contributed by atoms with Gasteiger partial charge in [0.05, 0.1) is 18.4 Å². The molecule has 8 heteroatoms. The molecule has 0 atom stereocenters. The van der Waals surface area contributed by atoms with E-state index in [9.17, 15) is 0 Å². The van der Waals surface area contributed by atoms with Crippen LogP contribution in [0.3, 0.4) is 0 Å². The third kappa shape index (κ3) is 4.07. The minimum Gasteiger partial charge on any atom is -0.489 e. The Morgan fingerprint density at radius 2 is 1.79 bits per heavy atom. The van der Waals surface area contributed by atoms with E-state index in [1.807, 2.05) is 54.6 Å². The van der Waals surface area contributed by atoms with E-state index in [1.165, 1.54) is 0 Å². The first-order valence-electron chi connectivity index (χ1n) is 8.72. The van der Waals surface area contributed by atoms with Crippen molar-refractivity contribution in [2.75, 3.05) is 16.8 Å². The zero-order valence-electron chi connectivity index (χ0n) is 15.0. The Morgan fingerprint density at radius 3 is 2.64 bits per heavy atom. The molecule has 0 aliphatic rings. The summed E-state index contributed by atoms with van der Waals surface area (Å²) in [5.74, 6) is 1.08. The SMILES string of the molecule is Nc1nc(N)c2nc(CNc3cccc(OCc4ccccc4)c3)cnc2n1. The van der Waals surface area contributed by atoms with Crippen molar-refractivity contribution in [3.05, 3.63) is 72.1 Å². The monoisotopic (exact) mass is 373 g/mol.